The molecular weight excluding hydrogens is 278 g/mol. The Morgan fingerprint density at radius 1 is 1.44 bits per heavy atom. The zero-order chi connectivity index (χ0) is 13.2. The van der Waals surface area contributed by atoms with Crippen LogP contribution in [0, 0.1) is 0 Å². The zero-order valence-corrected chi connectivity index (χ0v) is 11.2. The number of H-pyrrole nitrogens is 1. The lowest BCUT2D eigenvalue weighted by Crippen LogP contribution is -2.17. The lowest BCUT2D eigenvalue weighted by molar-refractivity contribution is 0.597. The van der Waals surface area contributed by atoms with Crippen molar-refractivity contribution < 1.29 is 8.42 Å². The second-order valence-corrected chi connectivity index (χ2v) is 6.45. The average Bonchev–Trinajstić information content (AvgIpc) is 2.76. The van der Waals surface area contributed by atoms with Crippen LogP contribution in [-0.4, -0.2) is 46.6 Å². The maximum absolute atomic E-state index is 11.4. The van der Waals surface area contributed by atoms with Crippen molar-refractivity contribution in [2.75, 3.05) is 23.4 Å². The van der Waals surface area contributed by atoms with E-state index in [1.54, 1.807) is 13.1 Å². The Hall–Kier alpha value is -1.41. The summed E-state index contributed by atoms with van der Waals surface area (Å²) in [5.74, 6) is 0.648. The molecule has 0 saturated carbocycles. The van der Waals surface area contributed by atoms with Gasteiger partial charge < -0.3 is 5.32 Å². The zero-order valence-electron chi connectivity index (χ0n) is 9.64. The van der Waals surface area contributed by atoms with E-state index < -0.39 is 9.84 Å². The number of aromatic amines is 1. The van der Waals surface area contributed by atoms with Crippen LogP contribution in [0.2, 0.25) is 5.28 Å². The van der Waals surface area contributed by atoms with Crippen LogP contribution in [-0.2, 0) is 9.84 Å². The molecule has 2 rings (SSSR count). The summed E-state index contributed by atoms with van der Waals surface area (Å²) in [7, 11) is -3.00. The van der Waals surface area contributed by atoms with Crippen molar-refractivity contribution in [3.8, 4) is 0 Å². The van der Waals surface area contributed by atoms with Crippen LogP contribution < -0.4 is 5.32 Å². The van der Waals surface area contributed by atoms with Gasteiger partial charge in [-0.25, -0.2) is 8.42 Å². The van der Waals surface area contributed by atoms with E-state index in [2.05, 4.69) is 25.5 Å². The number of halogens is 1. The number of sulfone groups is 1. The molecule has 98 valence electrons. The summed E-state index contributed by atoms with van der Waals surface area (Å²) in [5.41, 5.74) is 0.510. The molecule has 2 aromatic rings. The first kappa shape index (κ1) is 13.0. The van der Waals surface area contributed by atoms with Crippen LogP contribution in [0.25, 0.3) is 11.0 Å². The van der Waals surface area contributed by atoms with Gasteiger partial charge in [-0.05, 0) is 11.6 Å². The van der Waals surface area contributed by atoms with E-state index in [4.69, 9.17) is 11.6 Å². The molecule has 2 aromatic heterocycles. The van der Waals surface area contributed by atoms with Crippen molar-refractivity contribution in [3.63, 3.8) is 0 Å². The minimum Gasteiger partial charge on any atom is -0.368 e. The molecule has 0 unspecified atom stereocenters. The van der Waals surface area contributed by atoms with Crippen LogP contribution in [0.5, 0.6) is 0 Å². The van der Waals surface area contributed by atoms with E-state index in [1.165, 1.54) is 0 Å². The maximum atomic E-state index is 11.4. The van der Waals surface area contributed by atoms with Crippen molar-refractivity contribution >= 4 is 38.3 Å². The van der Waals surface area contributed by atoms with Gasteiger partial charge in [0.1, 0.15) is 5.82 Å². The molecule has 2 heterocycles. The molecule has 0 radical (unpaired) electrons. The van der Waals surface area contributed by atoms with Gasteiger partial charge in [-0.15, -0.1) is 0 Å². The van der Waals surface area contributed by atoms with Gasteiger partial charge in [0.25, 0.3) is 0 Å². The highest BCUT2D eigenvalue weighted by atomic mass is 35.5. The molecule has 7 nitrogen and oxygen atoms in total. The summed E-state index contributed by atoms with van der Waals surface area (Å²) in [6.45, 7) is 1.88. The molecule has 9 heteroatoms. The number of fused-ring (bicyclic) bond motifs is 1. The third kappa shape index (κ3) is 2.88. The van der Waals surface area contributed by atoms with Gasteiger partial charge in [-0.1, -0.05) is 6.92 Å². The monoisotopic (exact) mass is 289 g/mol. The Labute approximate surface area is 109 Å². The number of rotatable bonds is 5. The Morgan fingerprint density at radius 3 is 2.94 bits per heavy atom. The van der Waals surface area contributed by atoms with Gasteiger partial charge in [0.15, 0.2) is 15.5 Å². The molecule has 0 aliphatic carbocycles. The predicted molar refractivity (Wildman–Crippen MR) is 69.5 cm³/mol. The average molecular weight is 290 g/mol. The SMILES string of the molecule is CCS(=O)(=O)CCNc1nc(Cl)nc2[nH]ncc12. The number of hydrogen-bond acceptors (Lipinski definition) is 6. The van der Waals surface area contributed by atoms with E-state index >= 15 is 0 Å². The van der Waals surface area contributed by atoms with Crippen molar-refractivity contribution in [3.05, 3.63) is 11.5 Å². The number of aromatic nitrogens is 4. The van der Waals surface area contributed by atoms with Gasteiger partial charge >= 0.3 is 0 Å². The van der Waals surface area contributed by atoms with E-state index in [0.29, 0.717) is 16.9 Å². The number of hydrogen-bond donors (Lipinski definition) is 2. The van der Waals surface area contributed by atoms with Gasteiger partial charge in [0, 0.05) is 12.3 Å². The predicted octanol–water partition coefficient (Wildman–Crippen LogP) is 0.853. The van der Waals surface area contributed by atoms with Crippen LogP contribution in [0.3, 0.4) is 0 Å². The highest BCUT2D eigenvalue weighted by Gasteiger charge is 2.10. The summed E-state index contributed by atoms with van der Waals surface area (Å²) in [6, 6.07) is 0. The van der Waals surface area contributed by atoms with Crippen molar-refractivity contribution in [1.82, 2.24) is 20.2 Å². The smallest absolute Gasteiger partial charge is 0.226 e. The molecule has 0 atom stereocenters. The van der Waals surface area contributed by atoms with Crippen LogP contribution in [0.15, 0.2) is 6.20 Å². The Balaban J connectivity index is 2.14. The number of nitrogens with one attached hydrogen (secondary N) is 2. The van der Waals surface area contributed by atoms with Crippen molar-refractivity contribution in [1.29, 1.82) is 0 Å². The molecule has 0 aliphatic rings. The maximum Gasteiger partial charge on any atom is 0.226 e. The molecule has 0 amide bonds. The molecule has 18 heavy (non-hydrogen) atoms. The molecule has 0 aromatic carbocycles. The summed E-state index contributed by atoms with van der Waals surface area (Å²) in [6.07, 6.45) is 1.56. The van der Waals surface area contributed by atoms with E-state index in [9.17, 15) is 8.42 Å². The van der Waals surface area contributed by atoms with E-state index in [0.717, 1.165) is 0 Å². The topological polar surface area (TPSA) is 101 Å². The summed E-state index contributed by atoms with van der Waals surface area (Å²) in [4.78, 5) is 7.95. The largest absolute Gasteiger partial charge is 0.368 e. The fourth-order valence-corrected chi connectivity index (χ4v) is 2.28. The van der Waals surface area contributed by atoms with Crippen molar-refractivity contribution in [2.24, 2.45) is 0 Å². The standard InChI is InChI=1S/C9H12ClN5O2S/c1-2-18(16,17)4-3-11-7-6-5-12-15-8(6)14-9(10)13-7/h5H,2-4H2,1H3,(H2,11,12,13,14,15). The lowest BCUT2D eigenvalue weighted by atomic mass is 10.4. The second kappa shape index (κ2) is 5.07. The quantitative estimate of drug-likeness (QED) is 0.792. The first-order valence-corrected chi connectivity index (χ1v) is 7.52. The molecule has 0 spiro atoms. The molecule has 0 aliphatic heterocycles. The molecular formula is C9H12ClN5O2S. The normalized spacial score (nSPS) is 11.9. The molecule has 2 N–H and O–H groups in total. The number of anilines is 1. The van der Waals surface area contributed by atoms with Crippen LogP contribution in [0.4, 0.5) is 5.82 Å². The highest BCUT2D eigenvalue weighted by molar-refractivity contribution is 7.91. The van der Waals surface area contributed by atoms with Crippen LogP contribution >= 0.6 is 11.6 Å². The Kier molecular flexibility index (Phi) is 3.67. The van der Waals surface area contributed by atoms with E-state index in [-0.39, 0.29) is 23.3 Å². The first-order valence-electron chi connectivity index (χ1n) is 5.33. The molecule has 0 saturated heterocycles. The first-order chi connectivity index (χ1) is 8.52. The Bertz CT molecular complexity index is 654. The fraction of sp³-hybridized carbons (Fsp3) is 0.444. The summed E-state index contributed by atoms with van der Waals surface area (Å²) < 4.78 is 22.7. The van der Waals surface area contributed by atoms with Gasteiger partial charge in [0.2, 0.25) is 5.28 Å². The van der Waals surface area contributed by atoms with Gasteiger partial charge in [-0.2, -0.15) is 15.1 Å². The third-order valence-corrected chi connectivity index (χ3v) is 4.30. The highest BCUT2D eigenvalue weighted by Crippen LogP contribution is 2.19. The van der Waals surface area contributed by atoms with Crippen LogP contribution in [0.1, 0.15) is 6.92 Å². The minimum absolute atomic E-state index is 0.0461. The molecule has 0 bridgehead atoms. The Morgan fingerprint density at radius 2 is 2.22 bits per heavy atom. The third-order valence-electron chi connectivity index (χ3n) is 2.43. The summed E-state index contributed by atoms with van der Waals surface area (Å²) >= 11 is 5.75. The second-order valence-electron chi connectivity index (χ2n) is 3.64. The van der Waals surface area contributed by atoms with Gasteiger partial charge in [-0.3, -0.25) is 5.10 Å². The summed E-state index contributed by atoms with van der Waals surface area (Å²) in [5, 5.41) is 10.2. The number of nitrogens with zero attached hydrogens (tertiary/aromatic N) is 3. The van der Waals surface area contributed by atoms with Gasteiger partial charge in [0.05, 0.1) is 17.3 Å². The molecule has 0 fully saturated rings. The minimum atomic E-state index is -3.00. The van der Waals surface area contributed by atoms with Crippen molar-refractivity contribution in [2.45, 2.75) is 6.92 Å². The fourth-order valence-electron chi connectivity index (χ4n) is 1.41. The lowest BCUT2D eigenvalue weighted by Gasteiger charge is -2.06. The van der Waals surface area contributed by atoms with E-state index in [1.807, 2.05) is 0 Å².